The Morgan fingerprint density at radius 3 is 2.14 bits per heavy atom. The van der Waals surface area contributed by atoms with Gasteiger partial charge in [0.1, 0.15) is 5.75 Å². The topological polar surface area (TPSA) is 104 Å². The third-order valence-corrected chi connectivity index (χ3v) is 4.55. The van der Waals surface area contributed by atoms with Crippen molar-refractivity contribution in [1.29, 1.82) is 0 Å². The SMILES string of the molecule is NC(=O)c1ccc(O)cc1.O=C(O)N1CCC(Cc2ccc(F)c(F)c2)CC1. The summed E-state index contributed by atoms with van der Waals surface area (Å²) >= 11 is 0. The molecule has 1 aliphatic heterocycles. The predicted molar refractivity (Wildman–Crippen MR) is 99.0 cm³/mol. The van der Waals surface area contributed by atoms with E-state index >= 15 is 0 Å². The van der Waals surface area contributed by atoms with Crippen LogP contribution in [0.15, 0.2) is 42.5 Å². The molecule has 4 N–H and O–H groups in total. The second kappa shape index (κ2) is 9.68. The number of nitrogens with two attached hydrogens (primary N) is 1. The Labute approximate surface area is 161 Å². The first-order valence-corrected chi connectivity index (χ1v) is 8.77. The van der Waals surface area contributed by atoms with Crippen molar-refractivity contribution >= 4 is 12.0 Å². The van der Waals surface area contributed by atoms with Gasteiger partial charge in [-0.3, -0.25) is 4.79 Å². The van der Waals surface area contributed by atoms with Crippen molar-refractivity contribution in [2.75, 3.05) is 13.1 Å². The van der Waals surface area contributed by atoms with Crippen LogP contribution in [-0.4, -0.2) is 40.2 Å². The molecule has 1 saturated heterocycles. The number of rotatable bonds is 3. The summed E-state index contributed by atoms with van der Waals surface area (Å²) in [5, 5.41) is 17.6. The van der Waals surface area contributed by atoms with Gasteiger partial charge in [-0.1, -0.05) is 6.07 Å². The van der Waals surface area contributed by atoms with Crippen LogP contribution < -0.4 is 5.73 Å². The molecule has 0 radical (unpaired) electrons. The molecule has 28 heavy (non-hydrogen) atoms. The predicted octanol–water partition coefficient (Wildman–Crippen LogP) is 3.39. The molecule has 8 heteroatoms. The van der Waals surface area contributed by atoms with Gasteiger partial charge in [-0.05, 0) is 67.1 Å². The summed E-state index contributed by atoms with van der Waals surface area (Å²) in [6.45, 7) is 1.04. The van der Waals surface area contributed by atoms with Gasteiger partial charge in [0.15, 0.2) is 11.6 Å². The lowest BCUT2D eigenvalue weighted by Crippen LogP contribution is -2.37. The van der Waals surface area contributed by atoms with Crippen LogP contribution in [0.5, 0.6) is 5.75 Å². The van der Waals surface area contributed by atoms with Crippen molar-refractivity contribution < 1.29 is 28.6 Å². The molecule has 6 nitrogen and oxygen atoms in total. The number of aromatic hydroxyl groups is 1. The molecule has 2 aromatic carbocycles. The summed E-state index contributed by atoms with van der Waals surface area (Å²) in [6, 6.07) is 9.72. The number of amides is 2. The van der Waals surface area contributed by atoms with Gasteiger partial charge >= 0.3 is 6.09 Å². The number of carbonyl (C=O) groups excluding carboxylic acids is 1. The van der Waals surface area contributed by atoms with Crippen LogP contribution >= 0.6 is 0 Å². The number of carbonyl (C=O) groups is 2. The highest BCUT2D eigenvalue weighted by molar-refractivity contribution is 5.92. The fourth-order valence-corrected chi connectivity index (χ4v) is 2.95. The summed E-state index contributed by atoms with van der Waals surface area (Å²) in [6.07, 6.45) is 1.32. The quantitative estimate of drug-likeness (QED) is 0.745. The lowest BCUT2D eigenvalue weighted by Gasteiger charge is -2.30. The Balaban J connectivity index is 0.000000237. The highest BCUT2D eigenvalue weighted by atomic mass is 19.2. The van der Waals surface area contributed by atoms with Gasteiger partial charge in [0.2, 0.25) is 5.91 Å². The third-order valence-electron chi connectivity index (χ3n) is 4.55. The number of likely N-dealkylation sites (tertiary alicyclic amines) is 1. The average molecular weight is 392 g/mol. The first kappa shape index (κ1) is 21.1. The van der Waals surface area contributed by atoms with E-state index in [-0.39, 0.29) is 5.75 Å². The van der Waals surface area contributed by atoms with Crippen LogP contribution in [0.25, 0.3) is 0 Å². The molecule has 2 amide bonds. The first-order chi connectivity index (χ1) is 13.3. The van der Waals surface area contributed by atoms with E-state index in [9.17, 15) is 18.4 Å². The van der Waals surface area contributed by atoms with Crippen molar-refractivity contribution in [2.24, 2.45) is 11.7 Å². The molecule has 0 saturated carbocycles. The van der Waals surface area contributed by atoms with Crippen molar-refractivity contribution in [3.63, 3.8) is 0 Å². The second-order valence-electron chi connectivity index (χ2n) is 6.58. The fraction of sp³-hybridized carbons (Fsp3) is 0.300. The summed E-state index contributed by atoms with van der Waals surface area (Å²) in [4.78, 5) is 22.6. The van der Waals surface area contributed by atoms with Gasteiger partial charge < -0.3 is 20.8 Å². The minimum Gasteiger partial charge on any atom is -0.508 e. The largest absolute Gasteiger partial charge is 0.508 e. The summed E-state index contributed by atoms with van der Waals surface area (Å²) in [5.41, 5.74) is 6.11. The maximum absolute atomic E-state index is 13.0. The van der Waals surface area contributed by atoms with Crippen molar-refractivity contribution in [1.82, 2.24) is 4.90 Å². The van der Waals surface area contributed by atoms with Crippen molar-refractivity contribution in [3.8, 4) is 5.75 Å². The number of phenolic OH excluding ortho intramolecular Hbond substituents is 1. The van der Waals surface area contributed by atoms with Crippen molar-refractivity contribution in [3.05, 3.63) is 65.2 Å². The zero-order chi connectivity index (χ0) is 20.7. The van der Waals surface area contributed by atoms with Crippen LogP contribution in [-0.2, 0) is 6.42 Å². The molecule has 1 aliphatic rings. The van der Waals surface area contributed by atoms with Gasteiger partial charge in [-0.2, -0.15) is 0 Å². The number of hydrogen-bond acceptors (Lipinski definition) is 3. The monoisotopic (exact) mass is 392 g/mol. The normalized spacial score (nSPS) is 14.1. The van der Waals surface area contributed by atoms with E-state index in [1.54, 1.807) is 6.07 Å². The molecule has 0 unspecified atom stereocenters. The average Bonchev–Trinajstić information content (AvgIpc) is 2.66. The standard InChI is InChI=1S/C13H15F2NO2.C7H7NO2/c14-11-2-1-10(8-12(11)15)7-9-3-5-16(6-4-9)13(17)18;8-7(10)5-1-3-6(9)4-2-5/h1-2,8-9H,3-7H2,(H,17,18);1-4,9H,(H2,8,10). The Morgan fingerprint density at radius 1 is 1.04 bits per heavy atom. The minimum absolute atomic E-state index is 0.130. The van der Waals surface area contributed by atoms with E-state index in [2.05, 4.69) is 0 Å². The van der Waals surface area contributed by atoms with Gasteiger partial charge in [-0.25, -0.2) is 13.6 Å². The van der Waals surface area contributed by atoms with Crippen molar-refractivity contribution in [2.45, 2.75) is 19.3 Å². The molecule has 0 aromatic heterocycles. The highest BCUT2D eigenvalue weighted by Gasteiger charge is 2.22. The molecule has 0 atom stereocenters. The van der Waals surface area contributed by atoms with E-state index in [0.29, 0.717) is 31.0 Å². The number of benzene rings is 2. The number of hydrogen-bond donors (Lipinski definition) is 3. The maximum Gasteiger partial charge on any atom is 0.407 e. The van der Waals surface area contributed by atoms with Crippen LogP contribution in [0.3, 0.4) is 0 Å². The molecular formula is C20H22F2N2O4. The Bertz CT molecular complexity index is 819. The van der Waals surface area contributed by atoms with Gasteiger partial charge in [-0.15, -0.1) is 0 Å². The molecule has 0 aliphatic carbocycles. The molecule has 1 fully saturated rings. The first-order valence-electron chi connectivity index (χ1n) is 8.77. The number of phenols is 1. The minimum atomic E-state index is -0.888. The Morgan fingerprint density at radius 2 is 1.64 bits per heavy atom. The van der Waals surface area contributed by atoms with E-state index in [0.717, 1.165) is 24.5 Å². The third kappa shape index (κ3) is 6.22. The summed E-state index contributed by atoms with van der Waals surface area (Å²) in [7, 11) is 0. The van der Waals surface area contributed by atoms with E-state index in [1.165, 1.54) is 35.2 Å². The number of nitrogens with zero attached hydrogens (tertiary/aromatic N) is 1. The molecule has 3 rings (SSSR count). The number of primary amides is 1. The zero-order valence-electron chi connectivity index (χ0n) is 15.1. The lowest BCUT2D eigenvalue weighted by atomic mass is 9.90. The van der Waals surface area contributed by atoms with Gasteiger partial charge in [0, 0.05) is 18.7 Å². The number of piperidine rings is 1. The molecule has 2 aromatic rings. The molecule has 1 heterocycles. The summed E-state index contributed by atoms with van der Waals surface area (Å²) < 4.78 is 25.8. The lowest BCUT2D eigenvalue weighted by molar-refractivity contribution is 0.1000. The smallest absolute Gasteiger partial charge is 0.407 e. The highest BCUT2D eigenvalue weighted by Crippen LogP contribution is 2.22. The van der Waals surface area contributed by atoms with E-state index in [4.69, 9.17) is 15.9 Å². The Hall–Kier alpha value is -3.16. The zero-order valence-corrected chi connectivity index (χ0v) is 15.1. The number of carboxylic acid groups (broad SMARTS) is 1. The van der Waals surface area contributed by atoms with Crippen LogP contribution in [0.1, 0.15) is 28.8 Å². The molecular weight excluding hydrogens is 370 g/mol. The van der Waals surface area contributed by atoms with Crippen LogP contribution in [0.4, 0.5) is 13.6 Å². The Kier molecular flexibility index (Phi) is 7.31. The maximum atomic E-state index is 13.0. The summed E-state index contributed by atoms with van der Waals surface area (Å²) in [5.74, 6) is -1.68. The van der Waals surface area contributed by atoms with Gasteiger partial charge in [0.05, 0.1) is 0 Å². The molecule has 0 spiro atoms. The second-order valence-corrected chi connectivity index (χ2v) is 6.58. The van der Waals surface area contributed by atoms with E-state index in [1.807, 2.05) is 0 Å². The van der Waals surface area contributed by atoms with Gasteiger partial charge in [0.25, 0.3) is 0 Å². The molecule has 0 bridgehead atoms. The number of halogens is 2. The van der Waals surface area contributed by atoms with E-state index < -0.39 is 23.6 Å². The fourth-order valence-electron chi connectivity index (χ4n) is 2.95. The molecule has 150 valence electrons. The van der Waals surface area contributed by atoms with Crippen LogP contribution in [0.2, 0.25) is 0 Å². The van der Waals surface area contributed by atoms with Crippen LogP contribution in [0, 0.1) is 17.6 Å².